The van der Waals surface area contributed by atoms with Gasteiger partial charge in [-0.05, 0) is 70.3 Å². The van der Waals surface area contributed by atoms with Crippen LogP contribution in [0, 0.1) is 5.92 Å². The third-order valence-electron chi connectivity index (χ3n) is 9.81. The van der Waals surface area contributed by atoms with Crippen molar-refractivity contribution in [2.24, 2.45) is 11.1 Å². The molecule has 0 bridgehead atoms. The van der Waals surface area contributed by atoms with Crippen molar-refractivity contribution in [2.45, 2.75) is 119 Å². The lowest BCUT2D eigenvalue weighted by Crippen LogP contribution is -2.58. The van der Waals surface area contributed by atoms with Crippen molar-refractivity contribution in [3.8, 4) is 0 Å². The van der Waals surface area contributed by atoms with E-state index in [1.54, 1.807) is 24.5 Å². The molecule has 3 saturated carbocycles. The Hall–Kier alpha value is -4.01. The van der Waals surface area contributed by atoms with E-state index in [4.69, 9.17) is 9.57 Å². The smallest absolute Gasteiger partial charge is 0.408 e. The lowest BCUT2D eigenvalue weighted by molar-refractivity contribution is -0.141. The van der Waals surface area contributed by atoms with Gasteiger partial charge in [0.2, 0.25) is 21.8 Å². The maximum atomic E-state index is 14.2. The van der Waals surface area contributed by atoms with Gasteiger partial charge in [-0.1, -0.05) is 36.2 Å². The molecule has 0 radical (unpaired) electrons. The van der Waals surface area contributed by atoms with Crippen molar-refractivity contribution in [2.75, 3.05) is 6.54 Å². The normalized spacial score (nSPS) is 30.7. The number of amides is 4. The standard InChI is InChI=1S/C33H44N6O8S/c40-29-28-17-25(47-35-20-22-9-8-16-34-19-22)21-39(28)30(41)27(36-32(43)46-24-11-6-7-12-24)13-5-3-1-2-4-10-23-18-33(23,37-29)31(42)38-48(44,45)26-14-15-26/h4,8-10,16,19-20,23-28H,1-3,5-7,11-15,17-18,21H2,(H,36,43)(H,37,40)(H,38,42)/b10-4-,35-20+/t23-,25-,27+,28+,33?/m1/s1. The highest BCUT2D eigenvalue weighted by atomic mass is 32.2. The summed E-state index contributed by atoms with van der Waals surface area (Å²) in [6.45, 7) is 0.00966. The van der Waals surface area contributed by atoms with Gasteiger partial charge in [-0.2, -0.15) is 0 Å². The van der Waals surface area contributed by atoms with Crippen LogP contribution in [-0.4, -0.2) is 90.0 Å². The van der Waals surface area contributed by atoms with Crippen molar-refractivity contribution < 1.29 is 37.2 Å². The minimum atomic E-state index is -3.86. The molecule has 1 saturated heterocycles. The first-order chi connectivity index (χ1) is 23.1. The van der Waals surface area contributed by atoms with E-state index in [0.29, 0.717) is 37.7 Å². The predicted octanol–water partition coefficient (Wildman–Crippen LogP) is 2.44. The second-order valence-corrected chi connectivity index (χ2v) is 15.5. The van der Waals surface area contributed by atoms with E-state index in [1.165, 1.54) is 11.1 Å². The molecule has 5 aliphatic rings. The molecular formula is C33H44N6O8S. The number of ether oxygens (including phenoxy) is 1. The number of carbonyl (C=O) groups excluding carboxylic acids is 4. The molecule has 260 valence electrons. The molecule has 1 unspecified atom stereocenters. The zero-order chi connectivity index (χ0) is 33.7. The molecule has 1 aromatic rings. The van der Waals surface area contributed by atoms with Crippen molar-refractivity contribution in [1.82, 2.24) is 25.2 Å². The first-order valence-electron chi connectivity index (χ1n) is 17.1. The number of hydrogen-bond donors (Lipinski definition) is 3. The molecule has 4 amide bonds. The number of hydrogen-bond acceptors (Lipinski definition) is 10. The van der Waals surface area contributed by atoms with Gasteiger partial charge in [-0.15, -0.1) is 0 Å². The Balaban J connectivity index is 1.23. The average molecular weight is 685 g/mol. The van der Waals surface area contributed by atoms with Gasteiger partial charge in [-0.3, -0.25) is 24.1 Å². The molecule has 0 spiro atoms. The summed E-state index contributed by atoms with van der Waals surface area (Å²) in [6.07, 6.45) is 15.1. The number of allylic oxidation sites excluding steroid dienone is 1. The fourth-order valence-electron chi connectivity index (χ4n) is 6.80. The Labute approximate surface area is 280 Å². The van der Waals surface area contributed by atoms with Crippen LogP contribution in [0.2, 0.25) is 0 Å². The monoisotopic (exact) mass is 684 g/mol. The zero-order valence-corrected chi connectivity index (χ0v) is 27.7. The van der Waals surface area contributed by atoms with Gasteiger partial charge in [0.1, 0.15) is 29.8 Å². The highest BCUT2D eigenvalue weighted by Gasteiger charge is 2.62. The topological polar surface area (TPSA) is 185 Å². The fraction of sp³-hybridized carbons (Fsp3) is 0.636. The SMILES string of the molecule is O=C(N[C@H]1CCCCC/C=C\[C@@H]2CC2(C(=O)NS(=O)(=O)C2CC2)NC(=O)[C@@H]2C[C@@H](O/N=C/c3cccnc3)CN2C1=O)OC1CCCC1. The molecule has 3 heterocycles. The van der Waals surface area contributed by atoms with Crippen molar-refractivity contribution in [1.29, 1.82) is 0 Å². The summed E-state index contributed by atoms with van der Waals surface area (Å²) in [6, 6.07) is 1.54. The molecule has 6 rings (SSSR count). The van der Waals surface area contributed by atoms with Crippen LogP contribution in [0.25, 0.3) is 0 Å². The number of pyridine rings is 1. The average Bonchev–Trinajstić information content (AvgIpc) is 3.93. The Kier molecular flexibility index (Phi) is 10.3. The van der Waals surface area contributed by atoms with Gasteiger partial charge in [0.25, 0.3) is 5.91 Å². The zero-order valence-electron chi connectivity index (χ0n) is 26.9. The Morgan fingerprint density at radius 3 is 2.60 bits per heavy atom. The van der Waals surface area contributed by atoms with Crippen LogP contribution < -0.4 is 15.4 Å². The highest BCUT2D eigenvalue weighted by Crippen LogP contribution is 2.46. The third-order valence-corrected chi connectivity index (χ3v) is 11.6. The van der Waals surface area contributed by atoms with Gasteiger partial charge in [0.05, 0.1) is 18.0 Å². The van der Waals surface area contributed by atoms with E-state index in [1.807, 2.05) is 12.2 Å². The molecule has 4 fully saturated rings. The number of nitrogens with zero attached hydrogens (tertiary/aromatic N) is 3. The number of fused-ring (bicyclic) bond motifs is 2. The molecule has 48 heavy (non-hydrogen) atoms. The number of aromatic nitrogens is 1. The number of alkyl carbamates (subject to hydrolysis) is 1. The first-order valence-corrected chi connectivity index (χ1v) is 18.6. The summed E-state index contributed by atoms with van der Waals surface area (Å²) in [7, 11) is -3.86. The first kappa shape index (κ1) is 33.9. The van der Waals surface area contributed by atoms with Gasteiger partial charge in [0.15, 0.2) is 0 Å². The summed E-state index contributed by atoms with van der Waals surface area (Å²) < 4.78 is 33.2. The molecule has 3 N–H and O–H groups in total. The molecule has 0 aromatic carbocycles. The predicted molar refractivity (Wildman–Crippen MR) is 174 cm³/mol. The number of nitrogens with one attached hydrogen (secondary N) is 3. The van der Waals surface area contributed by atoms with Gasteiger partial charge in [0, 0.05) is 30.3 Å². The molecular weight excluding hydrogens is 640 g/mol. The van der Waals surface area contributed by atoms with Crippen molar-refractivity contribution in [3.05, 3.63) is 42.2 Å². The summed E-state index contributed by atoms with van der Waals surface area (Å²) in [5.41, 5.74) is -0.768. The number of rotatable bonds is 8. The second kappa shape index (κ2) is 14.6. The minimum Gasteiger partial charge on any atom is -0.446 e. The van der Waals surface area contributed by atoms with Crippen molar-refractivity contribution >= 4 is 40.1 Å². The van der Waals surface area contributed by atoms with Crippen LogP contribution in [0.1, 0.15) is 89.0 Å². The Morgan fingerprint density at radius 1 is 1.06 bits per heavy atom. The lowest BCUT2D eigenvalue weighted by Gasteiger charge is -2.30. The maximum Gasteiger partial charge on any atom is 0.408 e. The summed E-state index contributed by atoms with van der Waals surface area (Å²) in [5, 5.41) is 9.07. The maximum absolute atomic E-state index is 14.2. The van der Waals surface area contributed by atoms with Gasteiger partial charge in [-0.25, -0.2) is 13.2 Å². The summed E-state index contributed by atoms with van der Waals surface area (Å²) >= 11 is 0. The third kappa shape index (κ3) is 8.16. The molecule has 14 nitrogen and oxygen atoms in total. The second-order valence-electron chi connectivity index (χ2n) is 13.5. The summed E-state index contributed by atoms with van der Waals surface area (Å²) in [5.74, 6) is -2.25. The Morgan fingerprint density at radius 2 is 1.85 bits per heavy atom. The molecule has 15 heteroatoms. The number of sulfonamides is 1. The van der Waals surface area contributed by atoms with E-state index >= 15 is 0 Å². The minimum absolute atomic E-state index is 0.00966. The van der Waals surface area contributed by atoms with Crippen LogP contribution in [0.3, 0.4) is 0 Å². The van der Waals surface area contributed by atoms with Crippen LogP contribution in [-0.2, 0) is 34.0 Å². The highest BCUT2D eigenvalue weighted by molar-refractivity contribution is 7.91. The van der Waals surface area contributed by atoms with E-state index in [-0.39, 0.29) is 25.5 Å². The van der Waals surface area contributed by atoms with E-state index in [2.05, 4.69) is 25.5 Å². The molecule has 1 aromatic heterocycles. The van der Waals surface area contributed by atoms with Crippen LogP contribution >= 0.6 is 0 Å². The Bertz CT molecular complexity index is 1530. The van der Waals surface area contributed by atoms with E-state index < -0.39 is 68.7 Å². The molecule has 5 atom stereocenters. The number of carbonyl (C=O) groups is 4. The molecule has 3 aliphatic carbocycles. The van der Waals surface area contributed by atoms with E-state index in [0.717, 1.165) is 38.5 Å². The van der Waals surface area contributed by atoms with Gasteiger partial charge < -0.3 is 25.1 Å². The largest absolute Gasteiger partial charge is 0.446 e. The quantitative estimate of drug-likeness (QED) is 0.210. The van der Waals surface area contributed by atoms with Crippen LogP contribution in [0.5, 0.6) is 0 Å². The number of oxime groups is 1. The van der Waals surface area contributed by atoms with Gasteiger partial charge >= 0.3 is 6.09 Å². The van der Waals surface area contributed by atoms with Crippen LogP contribution in [0.15, 0.2) is 41.8 Å². The lowest BCUT2D eigenvalue weighted by atomic mass is 10.0. The fourth-order valence-corrected chi connectivity index (χ4v) is 8.17. The van der Waals surface area contributed by atoms with Crippen molar-refractivity contribution in [3.63, 3.8) is 0 Å². The summed E-state index contributed by atoms with van der Waals surface area (Å²) in [4.78, 5) is 65.9. The van der Waals surface area contributed by atoms with Crippen LogP contribution in [0.4, 0.5) is 4.79 Å². The molecule has 2 aliphatic heterocycles. The van der Waals surface area contributed by atoms with E-state index in [9.17, 15) is 27.6 Å².